The molecule has 5 heteroatoms. The summed E-state index contributed by atoms with van der Waals surface area (Å²) >= 11 is 5.04. The Morgan fingerprint density at radius 1 is 1.35 bits per heavy atom. The van der Waals surface area contributed by atoms with Crippen LogP contribution < -0.4 is 11.1 Å². The van der Waals surface area contributed by atoms with Gasteiger partial charge >= 0.3 is 0 Å². The lowest BCUT2D eigenvalue weighted by atomic mass is 10.1. The van der Waals surface area contributed by atoms with Crippen LogP contribution in [-0.2, 0) is 0 Å². The maximum absolute atomic E-state index is 5.70. The first-order valence-electron chi connectivity index (χ1n) is 5.11. The molecule has 0 saturated heterocycles. The van der Waals surface area contributed by atoms with E-state index < -0.39 is 0 Å². The number of aryl methyl sites for hydroxylation is 1. The quantitative estimate of drug-likeness (QED) is 0.810. The van der Waals surface area contributed by atoms with Gasteiger partial charge in [0, 0.05) is 12.4 Å². The van der Waals surface area contributed by atoms with Crippen molar-refractivity contribution in [1.82, 2.24) is 9.97 Å². The molecule has 17 heavy (non-hydrogen) atoms. The molecule has 0 aliphatic heterocycles. The second-order valence-corrected chi connectivity index (χ2v) is 4.02. The van der Waals surface area contributed by atoms with E-state index in [9.17, 15) is 0 Å². The van der Waals surface area contributed by atoms with Crippen molar-refractivity contribution in [3.05, 3.63) is 47.9 Å². The Kier molecular flexibility index (Phi) is 3.30. The molecule has 2 rings (SSSR count). The first-order chi connectivity index (χ1) is 8.18. The Hall–Kier alpha value is -2.01. The van der Waals surface area contributed by atoms with E-state index >= 15 is 0 Å². The zero-order valence-electron chi connectivity index (χ0n) is 9.34. The SMILES string of the molecule is Cc1ccnc(Nc2cccnc2)c1C(N)=S. The number of nitrogens with zero attached hydrogens (tertiary/aromatic N) is 2. The number of hydrogen-bond donors (Lipinski definition) is 2. The van der Waals surface area contributed by atoms with Gasteiger partial charge in [-0.25, -0.2) is 4.98 Å². The molecular weight excluding hydrogens is 232 g/mol. The molecule has 0 bridgehead atoms. The lowest BCUT2D eigenvalue weighted by molar-refractivity contribution is 1.24. The van der Waals surface area contributed by atoms with Crippen LogP contribution >= 0.6 is 12.2 Å². The molecule has 2 aromatic rings. The zero-order chi connectivity index (χ0) is 12.3. The molecule has 2 heterocycles. The van der Waals surface area contributed by atoms with Crippen molar-refractivity contribution in [2.75, 3.05) is 5.32 Å². The molecule has 0 aliphatic carbocycles. The van der Waals surface area contributed by atoms with Gasteiger partial charge in [0.2, 0.25) is 0 Å². The summed E-state index contributed by atoms with van der Waals surface area (Å²) in [6.07, 6.45) is 5.15. The van der Waals surface area contributed by atoms with Gasteiger partial charge in [-0.3, -0.25) is 4.98 Å². The summed E-state index contributed by atoms with van der Waals surface area (Å²) in [5, 5.41) is 3.15. The minimum atomic E-state index is 0.335. The van der Waals surface area contributed by atoms with E-state index in [1.54, 1.807) is 18.6 Å². The molecule has 0 atom stereocenters. The molecule has 0 aromatic carbocycles. The first-order valence-corrected chi connectivity index (χ1v) is 5.52. The minimum absolute atomic E-state index is 0.335. The Balaban J connectivity index is 2.40. The third-order valence-electron chi connectivity index (χ3n) is 2.33. The van der Waals surface area contributed by atoms with Crippen molar-refractivity contribution in [3.63, 3.8) is 0 Å². The molecular formula is C12H12N4S. The molecule has 3 N–H and O–H groups in total. The fraction of sp³-hybridized carbons (Fsp3) is 0.0833. The lowest BCUT2D eigenvalue weighted by Crippen LogP contribution is -2.14. The van der Waals surface area contributed by atoms with Crippen molar-refractivity contribution in [2.24, 2.45) is 5.73 Å². The molecule has 0 fully saturated rings. The number of nitrogens with one attached hydrogen (secondary N) is 1. The van der Waals surface area contributed by atoms with Crippen LogP contribution in [0.25, 0.3) is 0 Å². The van der Waals surface area contributed by atoms with Crippen molar-refractivity contribution in [2.45, 2.75) is 6.92 Å². The van der Waals surface area contributed by atoms with Gasteiger partial charge < -0.3 is 11.1 Å². The highest BCUT2D eigenvalue weighted by atomic mass is 32.1. The molecule has 0 saturated carbocycles. The van der Waals surface area contributed by atoms with Crippen LogP contribution in [0.4, 0.5) is 11.5 Å². The van der Waals surface area contributed by atoms with Crippen LogP contribution in [0.15, 0.2) is 36.8 Å². The Morgan fingerprint density at radius 2 is 2.18 bits per heavy atom. The highest BCUT2D eigenvalue weighted by Crippen LogP contribution is 2.20. The highest BCUT2D eigenvalue weighted by Gasteiger charge is 2.09. The average Bonchev–Trinajstić information content (AvgIpc) is 2.30. The predicted octanol–water partition coefficient (Wildman–Crippen LogP) is 2.16. The Labute approximate surface area is 105 Å². The van der Waals surface area contributed by atoms with Crippen LogP contribution in [-0.4, -0.2) is 15.0 Å². The first kappa shape index (κ1) is 11.5. The summed E-state index contributed by atoms with van der Waals surface area (Å²) in [7, 11) is 0. The summed E-state index contributed by atoms with van der Waals surface area (Å²) < 4.78 is 0. The molecule has 2 aromatic heterocycles. The second kappa shape index (κ2) is 4.88. The van der Waals surface area contributed by atoms with Crippen LogP contribution in [0.1, 0.15) is 11.1 Å². The van der Waals surface area contributed by atoms with Gasteiger partial charge in [0.1, 0.15) is 10.8 Å². The molecule has 4 nitrogen and oxygen atoms in total. The Morgan fingerprint density at radius 3 is 2.82 bits per heavy atom. The van der Waals surface area contributed by atoms with Gasteiger partial charge in [0.15, 0.2) is 0 Å². The van der Waals surface area contributed by atoms with Gasteiger partial charge in [-0.15, -0.1) is 0 Å². The smallest absolute Gasteiger partial charge is 0.140 e. The maximum atomic E-state index is 5.70. The van der Waals surface area contributed by atoms with Gasteiger partial charge in [-0.1, -0.05) is 12.2 Å². The van der Waals surface area contributed by atoms with E-state index in [4.69, 9.17) is 18.0 Å². The van der Waals surface area contributed by atoms with Crippen molar-refractivity contribution in [1.29, 1.82) is 0 Å². The van der Waals surface area contributed by atoms with E-state index in [1.807, 2.05) is 25.1 Å². The van der Waals surface area contributed by atoms with Crippen LogP contribution in [0, 0.1) is 6.92 Å². The molecule has 0 amide bonds. The summed E-state index contributed by atoms with van der Waals surface area (Å²) in [6.45, 7) is 1.95. The molecule has 0 radical (unpaired) electrons. The van der Waals surface area contributed by atoms with Crippen LogP contribution in [0.3, 0.4) is 0 Å². The third-order valence-corrected chi connectivity index (χ3v) is 2.53. The third kappa shape index (κ3) is 2.57. The summed E-state index contributed by atoms with van der Waals surface area (Å²) in [5.41, 5.74) is 8.32. The summed E-state index contributed by atoms with van der Waals surface area (Å²) in [5.74, 6) is 0.658. The minimum Gasteiger partial charge on any atom is -0.389 e. The van der Waals surface area contributed by atoms with Gasteiger partial charge in [-0.2, -0.15) is 0 Å². The number of pyridine rings is 2. The van der Waals surface area contributed by atoms with Crippen molar-refractivity contribution >= 4 is 28.7 Å². The van der Waals surface area contributed by atoms with Crippen molar-refractivity contribution < 1.29 is 0 Å². The standard InChI is InChI=1S/C12H12N4S/c1-8-4-6-15-12(10(8)11(13)17)16-9-3-2-5-14-7-9/h2-7H,1H3,(H2,13,17)(H,15,16). The maximum Gasteiger partial charge on any atom is 0.140 e. The normalized spacial score (nSPS) is 9.94. The van der Waals surface area contributed by atoms with Gasteiger partial charge in [-0.05, 0) is 30.7 Å². The fourth-order valence-corrected chi connectivity index (χ4v) is 1.80. The van der Waals surface area contributed by atoms with E-state index in [-0.39, 0.29) is 0 Å². The number of anilines is 2. The van der Waals surface area contributed by atoms with E-state index in [1.165, 1.54) is 0 Å². The number of hydrogen-bond acceptors (Lipinski definition) is 4. The number of rotatable bonds is 3. The van der Waals surface area contributed by atoms with Crippen LogP contribution in [0.5, 0.6) is 0 Å². The topological polar surface area (TPSA) is 63.8 Å². The van der Waals surface area contributed by atoms with E-state index in [2.05, 4.69) is 15.3 Å². The molecule has 0 aliphatic rings. The Bertz CT molecular complexity index is 539. The average molecular weight is 244 g/mol. The molecule has 0 spiro atoms. The predicted molar refractivity (Wildman–Crippen MR) is 72.4 cm³/mol. The highest BCUT2D eigenvalue weighted by molar-refractivity contribution is 7.80. The van der Waals surface area contributed by atoms with Gasteiger partial charge in [0.05, 0.1) is 17.4 Å². The molecule has 86 valence electrons. The van der Waals surface area contributed by atoms with Crippen molar-refractivity contribution in [3.8, 4) is 0 Å². The van der Waals surface area contributed by atoms with E-state index in [0.717, 1.165) is 16.8 Å². The lowest BCUT2D eigenvalue weighted by Gasteiger charge is -2.11. The fourth-order valence-electron chi connectivity index (χ4n) is 1.54. The van der Waals surface area contributed by atoms with Gasteiger partial charge in [0.25, 0.3) is 0 Å². The number of thiocarbonyl (C=S) groups is 1. The molecule has 0 unspecified atom stereocenters. The van der Waals surface area contributed by atoms with E-state index in [0.29, 0.717) is 10.8 Å². The summed E-state index contributed by atoms with van der Waals surface area (Å²) in [4.78, 5) is 8.61. The van der Waals surface area contributed by atoms with Crippen LogP contribution in [0.2, 0.25) is 0 Å². The summed E-state index contributed by atoms with van der Waals surface area (Å²) in [6, 6.07) is 5.63. The number of aromatic nitrogens is 2. The number of nitrogens with two attached hydrogens (primary N) is 1. The zero-order valence-corrected chi connectivity index (χ0v) is 10.2. The second-order valence-electron chi connectivity index (χ2n) is 3.58. The monoisotopic (exact) mass is 244 g/mol. The largest absolute Gasteiger partial charge is 0.389 e.